The quantitative estimate of drug-likeness (QED) is 0.0493. The van der Waals surface area contributed by atoms with Crippen molar-refractivity contribution >= 4 is 11.9 Å². The summed E-state index contributed by atoms with van der Waals surface area (Å²) in [4.78, 5) is 25.0. The molecule has 0 spiro atoms. The Hall–Kier alpha value is -1.18. The van der Waals surface area contributed by atoms with Gasteiger partial charge in [0.1, 0.15) is 0 Å². The molecule has 0 aromatic heterocycles. The predicted octanol–water partition coefficient (Wildman–Crippen LogP) is 12.9. The lowest BCUT2D eigenvalue weighted by atomic mass is 9.92. The summed E-state index contributed by atoms with van der Waals surface area (Å²) >= 11 is 0. The molecule has 0 aromatic carbocycles. The van der Waals surface area contributed by atoms with E-state index in [0.717, 1.165) is 77.0 Å². The molecule has 1 aliphatic rings. The summed E-state index contributed by atoms with van der Waals surface area (Å²) in [5.74, 6) is 0.534. The summed E-state index contributed by atoms with van der Waals surface area (Å²) in [6, 6.07) is 0. The molecule has 0 radical (unpaired) electrons. The van der Waals surface area contributed by atoms with E-state index in [1.807, 2.05) is 0 Å². The van der Waals surface area contributed by atoms with Gasteiger partial charge in [-0.2, -0.15) is 0 Å². The largest absolute Gasteiger partial charge is 0.466 e. The van der Waals surface area contributed by atoms with Gasteiger partial charge >= 0.3 is 11.9 Å². The number of hydrogen-bond acceptors (Lipinski definition) is 7. The molecule has 7 heteroatoms. The van der Waals surface area contributed by atoms with E-state index in [2.05, 4.69) is 27.7 Å². The zero-order valence-corrected chi connectivity index (χ0v) is 35.7. The summed E-state index contributed by atoms with van der Waals surface area (Å²) in [6.45, 7) is 11.2. The van der Waals surface area contributed by atoms with Crippen LogP contribution in [0.5, 0.6) is 0 Å². The number of unbranched alkanes of at least 4 members (excludes halogenated alkanes) is 18. The summed E-state index contributed by atoms with van der Waals surface area (Å²) in [6.07, 6.45) is 36.0. The number of hydrogen-bond donors (Lipinski definition) is 1. The zero-order chi connectivity index (χ0) is 38.7. The van der Waals surface area contributed by atoms with Crippen LogP contribution < -0.4 is 5.73 Å². The summed E-state index contributed by atoms with van der Waals surface area (Å²) in [5.41, 5.74) is 5.94. The van der Waals surface area contributed by atoms with Gasteiger partial charge in [-0.15, -0.1) is 0 Å². The first kappa shape index (κ1) is 49.8. The molecule has 7 nitrogen and oxygen atoms in total. The third-order valence-corrected chi connectivity index (χ3v) is 11.4. The van der Waals surface area contributed by atoms with E-state index in [-0.39, 0.29) is 18.0 Å². The van der Waals surface area contributed by atoms with Crippen LogP contribution >= 0.6 is 0 Å². The molecule has 2 N–H and O–H groups in total. The van der Waals surface area contributed by atoms with E-state index in [1.54, 1.807) is 0 Å². The van der Waals surface area contributed by atoms with E-state index in [0.29, 0.717) is 51.0 Å². The Morgan fingerprint density at radius 1 is 0.547 bits per heavy atom. The Balaban J connectivity index is 2.18. The monoisotopic (exact) mass is 752 g/mol. The molecular formula is C46H89NO6. The fraction of sp³-hybridized carbons (Fsp3) is 0.957. The normalized spacial score (nSPS) is 15.5. The number of carbonyl (C=O) groups is 2. The number of esters is 2. The van der Waals surface area contributed by atoms with Crippen molar-refractivity contribution in [2.45, 2.75) is 245 Å². The summed E-state index contributed by atoms with van der Waals surface area (Å²) in [5, 5.41) is 0. The van der Waals surface area contributed by atoms with Gasteiger partial charge in [0.05, 0.1) is 25.9 Å². The van der Waals surface area contributed by atoms with E-state index in [9.17, 15) is 9.59 Å². The molecule has 1 heterocycles. The van der Waals surface area contributed by atoms with Crippen molar-refractivity contribution < 1.29 is 28.5 Å². The molecule has 0 saturated carbocycles. The second-order valence-corrected chi connectivity index (χ2v) is 16.5. The minimum Gasteiger partial charge on any atom is -0.466 e. The number of rotatable bonds is 39. The van der Waals surface area contributed by atoms with Crippen LogP contribution in [0.4, 0.5) is 0 Å². The van der Waals surface area contributed by atoms with Gasteiger partial charge in [-0.3, -0.25) is 9.59 Å². The first-order valence-corrected chi connectivity index (χ1v) is 23.2. The molecule has 1 rings (SSSR count). The standard InChI is InChI=1S/C46H89NO6/c1-5-9-21-29-41(30-22-10-6-2)37-44(48)50-35-27-19-15-13-17-25-33-46(52-40-43(39-47)53-46)34-26-18-14-16-20-28-36-51-45(49)38-42(31-23-11-7-3)32-24-12-8-4/h41-43H,5-40,47H2,1-4H3. The fourth-order valence-electron chi connectivity index (χ4n) is 7.92. The third kappa shape index (κ3) is 28.0. The molecule has 1 atom stereocenters. The smallest absolute Gasteiger partial charge is 0.306 e. The molecule has 0 amide bonds. The number of nitrogens with two attached hydrogens (primary N) is 1. The van der Waals surface area contributed by atoms with E-state index in [1.165, 1.54) is 116 Å². The molecule has 1 aliphatic heterocycles. The molecule has 0 aromatic rings. The van der Waals surface area contributed by atoms with Crippen LogP contribution in [0.1, 0.15) is 233 Å². The van der Waals surface area contributed by atoms with Crippen LogP contribution in [-0.2, 0) is 28.5 Å². The van der Waals surface area contributed by atoms with Crippen molar-refractivity contribution in [3.63, 3.8) is 0 Å². The van der Waals surface area contributed by atoms with Crippen LogP contribution in [0, 0.1) is 11.8 Å². The second-order valence-electron chi connectivity index (χ2n) is 16.5. The Kier molecular flexibility index (Phi) is 33.1. The number of ether oxygens (including phenoxy) is 4. The molecule has 0 aliphatic carbocycles. The topological polar surface area (TPSA) is 97.1 Å². The lowest BCUT2D eigenvalue weighted by molar-refractivity contribution is -0.178. The minimum absolute atomic E-state index is 0.00587. The predicted molar refractivity (Wildman–Crippen MR) is 222 cm³/mol. The van der Waals surface area contributed by atoms with Crippen molar-refractivity contribution in [1.29, 1.82) is 0 Å². The van der Waals surface area contributed by atoms with Crippen LogP contribution in [0.15, 0.2) is 0 Å². The van der Waals surface area contributed by atoms with Crippen LogP contribution in [-0.4, -0.2) is 50.2 Å². The lowest BCUT2D eigenvalue weighted by Crippen LogP contribution is -2.32. The van der Waals surface area contributed by atoms with Crippen LogP contribution in [0.3, 0.4) is 0 Å². The maximum Gasteiger partial charge on any atom is 0.306 e. The highest BCUT2D eigenvalue weighted by Gasteiger charge is 2.39. The molecule has 1 saturated heterocycles. The van der Waals surface area contributed by atoms with E-state index in [4.69, 9.17) is 24.7 Å². The minimum atomic E-state index is -0.470. The lowest BCUT2D eigenvalue weighted by Gasteiger charge is -2.28. The van der Waals surface area contributed by atoms with Gasteiger partial charge in [0, 0.05) is 32.2 Å². The first-order valence-electron chi connectivity index (χ1n) is 23.2. The highest BCUT2D eigenvalue weighted by molar-refractivity contribution is 5.70. The molecule has 0 bridgehead atoms. The Bertz CT molecular complexity index is 761. The molecule has 314 valence electrons. The maximum atomic E-state index is 12.5. The Morgan fingerprint density at radius 3 is 1.25 bits per heavy atom. The second kappa shape index (κ2) is 35.2. The van der Waals surface area contributed by atoms with Gasteiger partial charge in [0.15, 0.2) is 5.79 Å². The Labute approximate surface area is 328 Å². The van der Waals surface area contributed by atoms with E-state index < -0.39 is 5.79 Å². The summed E-state index contributed by atoms with van der Waals surface area (Å²) < 4.78 is 23.9. The van der Waals surface area contributed by atoms with Crippen LogP contribution in [0.25, 0.3) is 0 Å². The average molecular weight is 752 g/mol. The highest BCUT2D eigenvalue weighted by Crippen LogP contribution is 2.34. The molecule has 53 heavy (non-hydrogen) atoms. The molecule has 1 unspecified atom stereocenters. The average Bonchev–Trinajstić information content (AvgIpc) is 3.57. The van der Waals surface area contributed by atoms with Crippen molar-refractivity contribution in [1.82, 2.24) is 0 Å². The van der Waals surface area contributed by atoms with E-state index >= 15 is 0 Å². The maximum absolute atomic E-state index is 12.5. The Morgan fingerprint density at radius 2 is 0.906 bits per heavy atom. The van der Waals surface area contributed by atoms with Crippen LogP contribution in [0.2, 0.25) is 0 Å². The van der Waals surface area contributed by atoms with Gasteiger partial charge in [0.2, 0.25) is 0 Å². The SMILES string of the molecule is CCCCCC(CCCCC)CC(=O)OCCCCCCCCC1(CCCCCCCCOC(=O)CC(CCCCC)CCCCC)OCC(CN)O1. The summed E-state index contributed by atoms with van der Waals surface area (Å²) in [7, 11) is 0. The highest BCUT2D eigenvalue weighted by atomic mass is 16.7. The van der Waals surface area contributed by atoms with Gasteiger partial charge in [-0.25, -0.2) is 0 Å². The van der Waals surface area contributed by atoms with Crippen molar-refractivity contribution in [3.05, 3.63) is 0 Å². The van der Waals surface area contributed by atoms with Crippen molar-refractivity contribution in [2.75, 3.05) is 26.4 Å². The number of carbonyl (C=O) groups excluding carboxylic acids is 2. The zero-order valence-electron chi connectivity index (χ0n) is 35.7. The van der Waals surface area contributed by atoms with Crippen molar-refractivity contribution in [3.8, 4) is 0 Å². The third-order valence-electron chi connectivity index (χ3n) is 11.4. The van der Waals surface area contributed by atoms with Gasteiger partial charge in [0.25, 0.3) is 0 Å². The first-order chi connectivity index (χ1) is 25.9. The van der Waals surface area contributed by atoms with Gasteiger partial charge in [-0.05, 0) is 63.2 Å². The molecule has 1 fully saturated rings. The van der Waals surface area contributed by atoms with Crippen molar-refractivity contribution in [2.24, 2.45) is 17.6 Å². The van der Waals surface area contributed by atoms with Gasteiger partial charge in [-0.1, -0.05) is 156 Å². The fourth-order valence-corrected chi connectivity index (χ4v) is 7.92. The molecular weight excluding hydrogens is 663 g/mol. The van der Waals surface area contributed by atoms with Gasteiger partial charge < -0.3 is 24.7 Å².